The van der Waals surface area contributed by atoms with Crippen LogP contribution in [0.4, 0.5) is 4.79 Å². The van der Waals surface area contributed by atoms with Crippen molar-refractivity contribution in [3.63, 3.8) is 0 Å². The molecule has 5 heteroatoms. The molecule has 0 bridgehead atoms. The third-order valence-electron chi connectivity index (χ3n) is 2.66. The number of amides is 1. The van der Waals surface area contributed by atoms with Crippen molar-refractivity contribution in [1.82, 2.24) is 10.2 Å². The Balaban J connectivity index is 2.79. The van der Waals surface area contributed by atoms with E-state index in [0.29, 0.717) is 0 Å². The number of ether oxygens (including phenoxy) is 1. The molecule has 1 aliphatic heterocycles. The zero-order valence-corrected chi connectivity index (χ0v) is 11.4. The molecule has 1 atom stereocenters. The highest BCUT2D eigenvalue weighted by Gasteiger charge is 2.37. The van der Waals surface area contributed by atoms with E-state index in [2.05, 4.69) is 5.32 Å². The molecule has 0 spiro atoms. The lowest BCUT2D eigenvalue weighted by molar-refractivity contribution is -0.145. The lowest BCUT2D eigenvalue weighted by Crippen LogP contribution is -2.54. The predicted molar refractivity (Wildman–Crippen MR) is 65.6 cm³/mol. The number of nitrogens with one attached hydrogen (secondary N) is 1. The fourth-order valence-electron chi connectivity index (χ4n) is 2.09. The summed E-state index contributed by atoms with van der Waals surface area (Å²) < 4.78 is 5.05. The van der Waals surface area contributed by atoms with Gasteiger partial charge in [-0.1, -0.05) is 0 Å². The third kappa shape index (κ3) is 4.16. The molecular weight excluding hydrogens is 220 g/mol. The topological polar surface area (TPSA) is 61.8 Å². The van der Waals surface area contributed by atoms with Crippen molar-refractivity contribution in [3.05, 3.63) is 0 Å². The highest BCUT2D eigenvalue weighted by Crippen LogP contribution is 2.23. The number of aliphatic hydroxyl groups is 1. The number of nitrogens with zero attached hydrogens (tertiary/aromatic N) is 1. The summed E-state index contributed by atoms with van der Waals surface area (Å²) in [6.45, 7) is 10.5. The molecule has 0 saturated carbocycles. The van der Waals surface area contributed by atoms with E-state index in [0.717, 1.165) is 19.5 Å². The number of rotatable bonds is 2. The van der Waals surface area contributed by atoms with Gasteiger partial charge in [0.1, 0.15) is 0 Å². The van der Waals surface area contributed by atoms with Gasteiger partial charge < -0.3 is 15.2 Å². The Morgan fingerprint density at radius 1 is 1.35 bits per heavy atom. The Hall–Kier alpha value is -0.810. The quantitative estimate of drug-likeness (QED) is 0.719. The Kier molecular flexibility index (Phi) is 4.04. The van der Waals surface area contributed by atoms with Crippen LogP contribution < -0.4 is 5.32 Å². The van der Waals surface area contributed by atoms with Gasteiger partial charge in [-0.25, -0.2) is 4.79 Å². The molecule has 1 heterocycles. The van der Waals surface area contributed by atoms with Crippen molar-refractivity contribution in [2.24, 2.45) is 0 Å². The summed E-state index contributed by atoms with van der Waals surface area (Å²) in [4.78, 5) is 13.8. The summed E-state index contributed by atoms with van der Waals surface area (Å²) in [5, 5.41) is 12.8. The largest absolute Gasteiger partial charge is 0.418 e. The predicted octanol–water partition coefficient (Wildman–Crippen LogP) is 1.31. The van der Waals surface area contributed by atoms with E-state index in [9.17, 15) is 9.90 Å². The maximum Gasteiger partial charge on any atom is 0.412 e. The summed E-state index contributed by atoms with van der Waals surface area (Å²) in [6.07, 6.45) is 0.455. The SMILES string of the molecule is CC(C)(O)OC(=O)N(C1CCNC1)C(C)(C)C. The summed E-state index contributed by atoms with van der Waals surface area (Å²) in [7, 11) is 0. The highest BCUT2D eigenvalue weighted by atomic mass is 16.7. The van der Waals surface area contributed by atoms with Gasteiger partial charge in [0.15, 0.2) is 0 Å². The number of hydrogen-bond donors (Lipinski definition) is 2. The second-order valence-corrected chi connectivity index (χ2v) is 6.00. The van der Waals surface area contributed by atoms with Crippen LogP contribution in [0.3, 0.4) is 0 Å². The second kappa shape index (κ2) is 4.82. The van der Waals surface area contributed by atoms with Crippen LogP contribution in [0.15, 0.2) is 0 Å². The molecule has 100 valence electrons. The van der Waals surface area contributed by atoms with Crippen LogP contribution in [0.1, 0.15) is 41.0 Å². The van der Waals surface area contributed by atoms with Crippen LogP contribution in [-0.4, -0.2) is 46.6 Å². The van der Waals surface area contributed by atoms with Gasteiger partial charge in [-0.15, -0.1) is 0 Å². The first-order valence-electron chi connectivity index (χ1n) is 6.06. The van der Waals surface area contributed by atoms with E-state index in [1.807, 2.05) is 20.8 Å². The molecule has 0 aromatic carbocycles. The molecule has 0 aromatic rings. The third-order valence-corrected chi connectivity index (χ3v) is 2.66. The normalized spacial score (nSPS) is 21.4. The molecule has 0 aromatic heterocycles. The van der Waals surface area contributed by atoms with Crippen molar-refractivity contribution in [2.75, 3.05) is 13.1 Å². The monoisotopic (exact) mass is 244 g/mol. The molecule has 17 heavy (non-hydrogen) atoms. The van der Waals surface area contributed by atoms with E-state index in [-0.39, 0.29) is 11.6 Å². The second-order valence-electron chi connectivity index (χ2n) is 6.00. The molecule has 0 radical (unpaired) electrons. The average molecular weight is 244 g/mol. The van der Waals surface area contributed by atoms with Crippen LogP contribution in [0, 0.1) is 0 Å². The van der Waals surface area contributed by atoms with Crippen LogP contribution in [0.2, 0.25) is 0 Å². The first-order valence-corrected chi connectivity index (χ1v) is 6.06. The van der Waals surface area contributed by atoms with Crippen LogP contribution >= 0.6 is 0 Å². The Bertz CT molecular complexity index is 272. The van der Waals surface area contributed by atoms with Gasteiger partial charge in [-0.05, 0) is 33.7 Å². The summed E-state index contributed by atoms with van der Waals surface area (Å²) in [6, 6.07) is 0.129. The maximum atomic E-state index is 12.1. The molecule has 5 nitrogen and oxygen atoms in total. The Morgan fingerprint density at radius 3 is 2.29 bits per heavy atom. The average Bonchev–Trinajstić information content (AvgIpc) is 2.49. The molecule has 1 amide bonds. The highest BCUT2D eigenvalue weighted by molar-refractivity contribution is 5.69. The van der Waals surface area contributed by atoms with E-state index in [1.165, 1.54) is 13.8 Å². The first-order chi connectivity index (χ1) is 7.61. The molecule has 0 aliphatic carbocycles. The van der Waals surface area contributed by atoms with Gasteiger partial charge >= 0.3 is 6.09 Å². The maximum absolute atomic E-state index is 12.1. The van der Waals surface area contributed by atoms with Gasteiger partial charge in [0, 0.05) is 32.0 Å². The lowest BCUT2D eigenvalue weighted by Gasteiger charge is -2.40. The van der Waals surface area contributed by atoms with Crippen LogP contribution in [-0.2, 0) is 4.74 Å². The van der Waals surface area contributed by atoms with Gasteiger partial charge in [0.05, 0.1) is 0 Å². The lowest BCUT2D eigenvalue weighted by atomic mass is 10.0. The minimum absolute atomic E-state index is 0.129. The van der Waals surface area contributed by atoms with Crippen molar-refractivity contribution < 1.29 is 14.6 Å². The molecule has 1 unspecified atom stereocenters. The van der Waals surface area contributed by atoms with E-state index >= 15 is 0 Å². The van der Waals surface area contributed by atoms with Crippen LogP contribution in [0.5, 0.6) is 0 Å². The van der Waals surface area contributed by atoms with E-state index in [4.69, 9.17) is 4.74 Å². The summed E-state index contributed by atoms with van der Waals surface area (Å²) in [5.74, 6) is -1.44. The van der Waals surface area contributed by atoms with Crippen LogP contribution in [0.25, 0.3) is 0 Å². The van der Waals surface area contributed by atoms with Crippen molar-refractivity contribution in [3.8, 4) is 0 Å². The summed E-state index contributed by atoms with van der Waals surface area (Å²) in [5.41, 5.74) is -0.320. The Morgan fingerprint density at radius 2 is 1.94 bits per heavy atom. The van der Waals surface area contributed by atoms with Crippen molar-refractivity contribution in [1.29, 1.82) is 0 Å². The molecule has 1 fully saturated rings. The van der Waals surface area contributed by atoms with Gasteiger partial charge in [-0.3, -0.25) is 4.90 Å². The molecule has 1 rings (SSSR count). The smallest absolute Gasteiger partial charge is 0.412 e. The number of hydrogen-bond acceptors (Lipinski definition) is 4. The summed E-state index contributed by atoms with van der Waals surface area (Å²) >= 11 is 0. The minimum Gasteiger partial charge on any atom is -0.418 e. The van der Waals surface area contributed by atoms with E-state index < -0.39 is 11.9 Å². The molecule has 1 aliphatic rings. The Labute approximate surface area is 103 Å². The van der Waals surface area contributed by atoms with Gasteiger partial charge in [0.25, 0.3) is 0 Å². The van der Waals surface area contributed by atoms with Crippen molar-refractivity contribution in [2.45, 2.75) is 58.4 Å². The molecular formula is C12H24N2O3. The van der Waals surface area contributed by atoms with E-state index in [1.54, 1.807) is 4.90 Å². The van der Waals surface area contributed by atoms with Crippen molar-refractivity contribution >= 4 is 6.09 Å². The zero-order chi connectivity index (χ0) is 13.3. The minimum atomic E-state index is -1.44. The van der Waals surface area contributed by atoms with Gasteiger partial charge in [0.2, 0.25) is 5.79 Å². The van der Waals surface area contributed by atoms with Gasteiger partial charge in [-0.2, -0.15) is 0 Å². The first kappa shape index (κ1) is 14.3. The zero-order valence-electron chi connectivity index (χ0n) is 11.4. The number of carbonyl (C=O) groups excluding carboxylic acids is 1. The molecule has 1 saturated heterocycles. The standard InChI is InChI=1S/C12H24N2O3/c1-11(2,3)14(9-6-7-13-8-9)10(15)17-12(4,5)16/h9,13,16H,6-8H2,1-5H3. The fraction of sp³-hybridized carbons (Fsp3) is 0.917. The fourth-order valence-corrected chi connectivity index (χ4v) is 2.09. The molecule has 2 N–H and O–H groups in total. The number of carbonyl (C=O) groups is 1.